The molecule has 0 unspecified atom stereocenters. The van der Waals surface area contributed by atoms with Crippen molar-refractivity contribution in [1.82, 2.24) is 5.43 Å². The number of hydrogen-bond acceptors (Lipinski definition) is 4. The van der Waals surface area contributed by atoms with Gasteiger partial charge in [-0.25, -0.2) is 5.84 Å². The lowest BCUT2D eigenvalue weighted by molar-refractivity contribution is -0.385. The first-order valence-corrected chi connectivity index (χ1v) is 4.13. The Balaban J connectivity index is 3.39. The smallest absolute Gasteiger partial charge is 0.290 e. The molecule has 0 bridgehead atoms. The lowest BCUT2D eigenvalue weighted by Crippen LogP contribution is -2.30. The number of nitrogen functional groups attached to an aromatic ring is 1. The number of hydrogen-bond donors (Lipinski definition) is 2. The summed E-state index contributed by atoms with van der Waals surface area (Å²) in [5, 5.41) is 10.4. The van der Waals surface area contributed by atoms with Crippen molar-refractivity contribution in [2.75, 3.05) is 0 Å². The molecule has 0 aromatic heterocycles. The molecule has 17 heavy (non-hydrogen) atoms. The van der Waals surface area contributed by atoms with E-state index in [1.165, 1.54) is 0 Å². The zero-order valence-electron chi connectivity index (χ0n) is 8.12. The summed E-state index contributed by atoms with van der Waals surface area (Å²) >= 11 is 0. The Bertz CT molecular complexity index is 473. The molecule has 1 aromatic rings. The summed E-state index contributed by atoms with van der Waals surface area (Å²) in [7, 11) is 0. The Kier molecular flexibility index (Phi) is 3.32. The van der Waals surface area contributed by atoms with Crippen LogP contribution in [0.15, 0.2) is 18.2 Å². The molecule has 1 aromatic carbocycles. The second-order valence-corrected chi connectivity index (χ2v) is 3.00. The van der Waals surface area contributed by atoms with Crippen LogP contribution in [0.1, 0.15) is 15.9 Å². The van der Waals surface area contributed by atoms with Crippen molar-refractivity contribution in [3.63, 3.8) is 0 Å². The van der Waals surface area contributed by atoms with Crippen molar-refractivity contribution < 1.29 is 22.9 Å². The molecule has 0 aliphatic heterocycles. The Morgan fingerprint density at radius 2 is 1.94 bits per heavy atom. The first-order valence-electron chi connectivity index (χ1n) is 4.13. The average Bonchev–Trinajstić information content (AvgIpc) is 2.26. The van der Waals surface area contributed by atoms with Crippen LogP contribution in [0, 0.1) is 10.1 Å². The molecule has 9 heteroatoms. The van der Waals surface area contributed by atoms with Crippen LogP contribution in [0.5, 0.6) is 0 Å². The van der Waals surface area contributed by atoms with E-state index in [1.807, 2.05) is 0 Å². The molecule has 0 aliphatic carbocycles. The fraction of sp³-hybridized carbons (Fsp3) is 0.125. The topological polar surface area (TPSA) is 98.3 Å². The van der Waals surface area contributed by atoms with Crippen LogP contribution in [0.2, 0.25) is 0 Å². The minimum Gasteiger partial charge on any atom is -0.290 e. The Morgan fingerprint density at radius 1 is 1.35 bits per heavy atom. The summed E-state index contributed by atoms with van der Waals surface area (Å²) in [4.78, 5) is 20.4. The standard InChI is InChI=1S/C8H6F3N3O3/c9-8(10,11)5-1-4(7(15)13-12)2-6(3-5)14(16)17/h1-3H,12H2,(H,13,15). The van der Waals surface area contributed by atoms with Gasteiger partial charge in [-0.1, -0.05) is 0 Å². The van der Waals surface area contributed by atoms with Crippen molar-refractivity contribution in [1.29, 1.82) is 0 Å². The number of nitro groups is 1. The third-order valence-electron chi connectivity index (χ3n) is 1.85. The number of non-ortho nitro benzene ring substituents is 1. The molecular weight excluding hydrogens is 243 g/mol. The highest BCUT2D eigenvalue weighted by Gasteiger charge is 2.33. The normalized spacial score (nSPS) is 11.1. The predicted octanol–water partition coefficient (Wildman–Crippen LogP) is 1.22. The molecule has 0 saturated heterocycles. The highest BCUT2D eigenvalue weighted by Crippen LogP contribution is 2.32. The van der Waals surface area contributed by atoms with Crippen molar-refractivity contribution in [3.05, 3.63) is 39.4 Å². The van der Waals surface area contributed by atoms with Crippen molar-refractivity contribution in [2.24, 2.45) is 5.84 Å². The van der Waals surface area contributed by atoms with E-state index in [9.17, 15) is 28.1 Å². The highest BCUT2D eigenvalue weighted by molar-refractivity contribution is 5.94. The van der Waals surface area contributed by atoms with E-state index in [-0.39, 0.29) is 0 Å². The van der Waals surface area contributed by atoms with Gasteiger partial charge in [-0.05, 0) is 6.07 Å². The molecule has 6 nitrogen and oxygen atoms in total. The molecule has 0 aliphatic rings. The van der Waals surface area contributed by atoms with E-state index < -0.39 is 33.8 Å². The van der Waals surface area contributed by atoms with Crippen LogP contribution in [-0.4, -0.2) is 10.8 Å². The molecule has 0 radical (unpaired) electrons. The van der Waals surface area contributed by atoms with E-state index >= 15 is 0 Å². The van der Waals surface area contributed by atoms with E-state index in [0.717, 1.165) is 0 Å². The molecule has 0 spiro atoms. The van der Waals surface area contributed by atoms with Gasteiger partial charge in [-0.3, -0.25) is 20.3 Å². The number of nitrogens with two attached hydrogens (primary N) is 1. The van der Waals surface area contributed by atoms with Gasteiger partial charge in [0.15, 0.2) is 0 Å². The summed E-state index contributed by atoms with van der Waals surface area (Å²) in [6, 6.07) is 1.53. The van der Waals surface area contributed by atoms with Crippen molar-refractivity contribution in [3.8, 4) is 0 Å². The van der Waals surface area contributed by atoms with E-state index in [2.05, 4.69) is 0 Å². The summed E-state index contributed by atoms with van der Waals surface area (Å²) in [6.45, 7) is 0. The number of carbonyl (C=O) groups is 1. The van der Waals surface area contributed by atoms with Crippen LogP contribution >= 0.6 is 0 Å². The number of benzene rings is 1. The van der Waals surface area contributed by atoms with Gasteiger partial charge in [0.25, 0.3) is 11.6 Å². The molecule has 1 amide bonds. The van der Waals surface area contributed by atoms with E-state index in [0.29, 0.717) is 18.2 Å². The van der Waals surface area contributed by atoms with Gasteiger partial charge in [-0.2, -0.15) is 13.2 Å². The molecule has 0 atom stereocenters. The summed E-state index contributed by atoms with van der Waals surface area (Å²) in [6.07, 6.45) is -4.78. The summed E-state index contributed by atoms with van der Waals surface area (Å²) in [5.74, 6) is 3.70. The lowest BCUT2D eigenvalue weighted by Gasteiger charge is -2.08. The fourth-order valence-electron chi connectivity index (χ4n) is 1.09. The van der Waals surface area contributed by atoms with E-state index in [1.54, 1.807) is 5.43 Å². The zero-order chi connectivity index (χ0) is 13.2. The number of nitrogens with one attached hydrogen (secondary N) is 1. The zero-order valence-corrected chi connectivity index (χ0v) is 8.12. The number of nitro benzene ring substituents is 1. The predicted molar refractivity (Wildman–Crippen MR) is 49.8 cm³/mol. The van der Waals surface area contributed by atoms with Crippen LogP contribution in [0.25, 0.3) is 0 Å². The van der Waals surface area contributed by atoms with E-state index in [4.69, 9.17) is 5.84 Å². The number of carbonyl (C=O) groups excluding carboxylic acids is 1. The number of alkyl halides is 3. The minimum absolute atomic E-state index is 0.341. The van der Waals surface area contributed by atoms with Gasteiger partial charge in [0.2, 0.25) is 0 Å². The second kappa shape index (κ2) is 4.37. The van der Waals surface area contributed by atoms with Gasteiger partial charge in [0, 0.05) is 17.7 Å². The first kappa shape index (κ1) is 12.9. The van der Waals surface area contributed by atoms with Crippen LogP contribution in [-0.2, 0) is 6.18 Å². The maximum atomic E-state index is 12.4. The highest BCUT2D eigenvalue weighted by atomic mass is 19.4. The average molecular weight is 249 g/mol. The minimum atomic E-state index is -4.78. The lowest BCUT2D eigenvalue weighted by atomic mass is 10.1. The summed E-state index contributed by atoms with van der Waals surface area (Å²) in [5.41, 5.74) is -1.06. The van der Waals surface area contributed by atoms with Crippen LogP contribution < -0.4 is 11.3 Å². The molecule has 0 saturated carbocycles. The number of nitrogens with zero attached hydrogens (tertiary/aromatic N) is 1. The van der Waals surface area contributed by atoms with Crippen molar-refractivity contribution in [2.45, 2.75) is 6.18 Å². The molecule has 1 rings (SSSR count). The van der Waals surface area contributed by atoms with Crippen LogP contribution in [0.3, 0.4) is 0 Å². The maximum absolute atomic E-state index is 12.4. The monoisotopic (exact) mass is 249 g/mol. The molecule has 3 N–H and O–H groups in total. The molecule has 0 fully saturated rings. The van der Waals surface area contributed by atoms with Gasteiger partial charge >= 0.3 is 6.18 Å². The Morgan fingerprint density at radius 3 is 2.35 bits per heavy atom. The maximum Gasteiger partial charge on any atom is 0.416 e. The second-order valence-electron chi connectivity index (χ2n) is 3.00. The number of rotatable bonds is 2. The third-order valence-corrected chi connectivity index (χ3v) is 1.85. The number of amides is 1. The first-order chi connectivity index (χ1) is 7.75. The Labute approximate surface area is 92.3 Å². The third kappa shape index (κ3) is 2.91. The number of halogens is 3. The molecular formula is C8H6F3N3O3. The fourth-order valence-corrected chi connectivity index (χ4v) is 1.09. The SMILES string of the molecule is NNC(=O)c1cc([N+](=O)[O-])cc(C(F)(F)F)c1. The van der Waals surface area contributed by atoms with Gasteiger partial charge < -0.3 is 0 Å². The molecule has 0 heterocycles. The molecule has 92 valence electrons. The van der Waals surface area contributed by atoms with Gasteiger partial charge in [0.05, 0.1) is 10.5 Å². The number of hydrazine groups is 1. The Hall–Kier alpha value is -2.16. The van der Waals surface area contributed by atoms with Crippen molar-refractivity contribution >= 4 is 11.6 Å². The quantitative estimate of drug-likeness (QED) is 0.356. The van der Waals surface area contributed by atoms with Gasteiger partial charge in [0.1, 0.15) is 0 Å². The summed E-state index contributed by atoms with van der Waals surface area (Å²) < 4.78 is 37.2. The largest absolute Gasteiger partial charge is 0.416 e. The van der Waals surface area contributed by atoms with Gasteiger partial charge in [-0.15, -0.1) is 0 Å². The van der Waals surface area contributed by atoms with Crippen LogP contribution in [0.4, 0.5) is 18.9 Å².